The highest BCUT2D eigenvalue weighted by molar-refractivity contribution is 7.85. The van der Waals surface area contributed by atoms with Crippen LogP contribution >= 0.6 is 0 Å². The number of ether oxygens (including phenoxy) is 1. The molecule has 108 valence electrons. The Morgan fingerprint density at radius 2 is 1.89 bits per heavy atom. The number of urea groups is 1. The molecule has 1 atom stereocenters. The second-order valence-corrected chi connectivity index (χ2v) is 6.35. The van der Waals surface area contributed by atoms with Crippen molar-refractivity contribution in [3.8, 4) is 0 Å². The van der Waals surface area contributed by atoms with Crippen LogP contribution in [0.15, 0.2) is 0 Å². The highest BCUT2D eigenvalue weighted by Crippen LogP contribution is 2.12. The van der Waals surface area contributed by atoms with E-state index in [9.17, 15) is 13.8 Å². The van der Waals surface area contributed by atoms with Gasteiger partial charge in [0, 0.05) is 48.5 Å². The van der Waals surface area contributed by atoms with E-state index in [4.69, 9.17) is 9.84 Å². The summed E-state index contributed by atoms with van der Waals surface area (Å²) in [4.78, 5) is 26.2. The van der Waals surface area contributed by atoms with Crippen LogP contribution < -0.4 is 0 Å². The van der Waals surface area contributed by atoms with Crippen LogP contribution in [0.1, 0.15) is 6.42 Å². The summed E-state index contributed by atoms with van der Waals surface area (Å²) in [5.74, 6) is 0.121. The van der Waals surface area contributed by atoms with Crippen LogP contribution in [0.5, 0.6) is 0 Å². The molecule has 0 bridgehead atoms. The van der Waals surface area contributed by atoms with Crippen LogP contribution in [0.25, 0.3) is 0 Å². The molecule has 0 spiro atoms. The second kappa shape index (κ2) is 6.33. The van der Waals surface area contributed by atoms with Crippen LogP contribution in [0.3, 0.4) is 0 Å². The van der Waals surface area contributed by atoms with Crippen LogP contribution in [0.4, 0.5) is 4.79 Å². The van der Waals surface area contributed by atoms with Crippen molar-refractivity contribution in [2.24, 2.45) is 0 Å². The lowest BCUT2D eigenvalue weighted by molar-refractivity contribution is -0.141. The van der Waals surface area contributed by atoms with Crippen LogP contribution in [0, 0.1) is 0 Å². The molecule has 0 aromatic carbocycles. The van der Waals surface area contributed by atoms with Crippen LogP contribution in [-0.2, 0) is 20.3 Å². The topological polar surface area (TPSA) is 87.2 Å². The number of morpholine rings is 1. The van der Waals surface area contributed by atoms with Gasteiger partial charge in [0.1, 0.15) is 0 Å². The lowest BCUT2D eigenvalue weighted by atomic mass is 10.2. The van der Waals surface area contributed by atoms with Crippen molar-refractivity contribution in [3.05, 3.63) is 0 Å². The maximum Gasteiger partial charge on any atom is 0.320 e. The Labute approximate surface area is 114 Å². The molecule has 2 amide bonds. The van der Waals surface area contributed by atoms with Crippen LogP contribution in [-0.4, -0.2) is 81.5 Å². The number of carboxylic acid groups (broad SMARTS) is 1. The second-order valence-electron chi connectivity index (χ2n) is 4.65. The molecule has 1 unspecified atom stereocenters. The smallest absolute Gasteiger partial charge is 0.320 e. The lowest BCUT2D eigenvalue weighted by Gasteiger charge is -2.37. The van der Waals surface area contributed by atoms with Crippen molar-refractivity contribution in [1.29, 1.82) is 0 Å². The van der Waals surface area contributed by atoms with Gasteiger partial charge in [0.2, 0.25) is 0 Å². The average molecular weight is 290 g/mol. The van der Waals surface area contributed by atoms with Gasteiger partial charge in [0.05, 0.1) is 19.1 Å². The normalized spacial score (nSPS) is 25.4. The van der Waals surface area contributed by atoms with E-state index in [1.54, 1.807) is 9.80 Å². The van der Waals surface area contributed by atoms with Crippen molar-refractivity contribution in [3.63, 3.8) is 0 Å². The molecule has 0 aromatic rings. The van der Waals surface area contributed by atoms with E-state index in [2.05, 4.69) is 0 Å². The third-order valence-electron chi connectivity index (χ3n) is 3.26. The third kappa shape index (κ3) is 3.90. The van der Waals surface area contributed by atoms with E-state index in [0.29, 0.717) is 44.3 Å². The Hall–Kier alpha value is -1.15. The predicted molar refractivity (Wildman–Crippen MR) is 68.4 cm³/mol. The van der Waals surface area contributed by atoms with Gasteiger partial charge in [-0.15, -0.1) is 0 Å². The first-order chi connectivity index (χ1) is 9.06. The van der Waals surface area contributed by atoms with Crippen molar-refractivity contribution < 1.29 is 23.6 Å². The molecule has 2 heterocycles. The molecule has 0 aromatic heterocycles. The molecule has 2 aliphatic heterocycles. The van der Waals surface area contributed by atoms with Crippen molar-refractivity contribution in [2.75, 3.05) is 44.3 Å². The number of hydrogen-bond acceptors (Lipinski definition) is 4. The zero-order valence-electron chi connectivity index (χ0n) is 10.6. The first-order valence-corrected chi connectivity index (χ1v) is 7.77. The molecule has 0 radical (unpaired) electrons. The molecular formula is C11H18N2O5S. The summed E-state index contributed by atoms with van der Waals surface area (Å²) >= 11 is 0. The summed E-state index contributed by atoms with van der Waals surface area (Å²) in [6.07, 6.45) is -0.525. The fourth-order valence-corrected chi connectivity index (χ4v) is 3.29. The van der Waals surface area contributed by atoms with Gasteiger partial charge < -0.3 is 19.6 Å². The van der Waals surface area contributed by atoms with E-state index in [1.165, 1.54) is 0 Å². The Morgan fingerprint density at radius 3 is 2.53 bits per heavy atom. The van der Waals surface area contributed by atoms with E-state index >= 15 is 0 Å². The monoisotopic (exact) mass is 290 g/mol. The molecular weight excluding hydrogens is 272 g/mol. The number of carbonyl (C=O) groups is 2. The molecule has 2 aliphatic rings. The minimum absolute atomic E-state index is 0.0895. The summed E-state index contributed by atoms with van der Waals surface area (Å²) < 4.78 is 16.6. The fourth-order valence-electron chi connectivity index (χ4n) is 2.24. The van der Waals surface area contributed by atoms with Gasteiger partial charge >= 0.3 is 12.0 Å². The van der Waals surface area contributed by atoms with Crippen molar-refractivity contribution >= 4 is 22.8 Å². The maximum absolute atomic E-state index is 12.2. The summed E-state index contributed by atoms with van der Waals surface area (Å²) in [5, 5.41) is 8.74. The Morgan fingerprint density at radius 1 is 1.21 bits per heavy atom. The number of nitrogens with zero attached hydrogens (tertiary/aromatic N) is 2. The number of rotatable bonds is 2. The van der Waals surface area contributed by atoms with Gasteiger partial charge in [-0.1, -0.05) is 0 Å². The highest BCUT2D eigenvalue weighted by atomic mass is 32.2. The third-order valence-corrected chi connectivity index (χ3v) is 4.54. The average Bonchev–Trinajstić information content (AvgIpc) is 2.38. The lowest BCUT2D eigenvalue weighted by Crippen LogP contribution is -2.54. The standard InChI is InChI=1S/C11H18N2O5S/c14-10(15)7-9-8-13(1-4-18-9)11(16)12-2-5-19(17)6-3-12/h9H,1-8H2,(H,14,15). The zero-order valence-corrected chi connectivity index (χ0v) is 11.4. The number of aliphatic carboxylic acids is 1. The van der Waals surface area contributed by atoms with Gasteiger partial charge in [-0.25, -0.2) is 4.79 Å². The molecule has 8 heteroatoms. The van der Waals surface area contributed by atoms with Gasteiger partial charge in [0.15, 0.2) is 0 Å². The Bertz CT molecular complexity index is 379. The molecule has 0 saturated carbocycles. The predicted octanol–water partition coefficient (Wildman–Crippen LogP) is -0.654. The quantitative estimate of drug-likeness (QED) is 0.730. The first kappa shape index (κ1) is 14.3. The van der Waals surface area contributed by atoms with E-state index in [1.807, 2.05) is 0 Å². The molecule has 19 heavy (non-hydrogen) atoms. The number of hydrogen-bond donors (Lipinski definition) is 1. The minimum Gasteiger partial charge on any atom is -0.481 e. The fraction of sp³-hybridized carbons (Fsp3) is 0.818. The van der Waals surface area contributed by atoms with Crippen molar-refractivity contribution in [1.82, 2.24) is 9.80 Å². The van der Waals surface area contributed by atoms with E-state index in [-0.39, 0.29) is 12.5 Å². The van der Waals surface area contributed by atoms with E-state index < -0.39 is 22.9 Å². The van der Waals surface area contributed by atoms with Gasteiger partial charge in [-0.2, -0.15) is 0 Å². The Kier molecular flexibility index (Phi) is 4.76. The molecule has 2 rings (SSSR count). The van der Waals surface area contributed by atoms with Gasteiger partial charge in [-0.3, -0.25) is 9.00 Å². The van der Waals surface area contributed by atoms with Gasteiger partial charge in [-0.05, 0) is 0 Å². The maximum atomic E-state index is 12.2. The number of amides is 2. The summed E-state index contributed by atoms with van der Waals surface area (Å²) in [6, 6.07) is -0.101. The summed E-state index contributed by atoms with van der Waals surface area (Å²) in [7, 11) is -0.812. The first-order valence-electron chi connectivity index (χ1n) is 6.28. The molecule has 7 nitrogen and oxygen atoms in total. The molecule has 2 fully saturated rings. The summed E-state index contributed by atoms with van der Waals surface area (Å²) in [6.45, 7) is 2.17. The van der Waals surface area contributed by atoms with Gasteiger partial charge in [0.25, 0.3) is 0 Å². The Balaban J connectivity index is 1.88. The molecule has 1 N–H and O–H groups in total. The van der Waals surface area contributed by atoms with Crippen molar-refractivity contribution in [2.45, 2.75) is 12.5 Å². The minimum atomic E-state index is -0.923. The van der Waals surface area contributed by atoms with E-state index in [0.717, 1.165) is 0 Å². The number of carbonyl (C=O) groups excluding carboxylic acids is 1. The summed E-state index contributed by atoms with van der Waals surface area (Å²) in [5.41, 5.74) is 0. The SMILES string of the molecule is O=C(O)CC1CN(C(=O)N2CCS(=O)CC2)CCO1. The zero-order chi connectivity index (χ0) is 13.8. The molecule has 2 saturated heterocycles. The highest BCUT2D eigenvalue weighted by Gasteiger charge is 2.30. The van der Waals surface area contributed by atoms with Crippen LogP contribution in [0.2, 0.25) is 0 Å². The largest absolute Gasteiger partial charge is 0.481 e. The number of carboxylic acids is 1. The molecule has 0 aliphatic carbocycles.